The third-order valence-corrected chi connectivity index (χ3v) is 3.47. The van der Waals surface area contributed by atoms with Gasteiger partial charge in [-0.2, -0.15) is 0 Å². The lowest BCUT2D eigenvalue weighted by atomic mass is 10.2. The first-order chi connectivity index (χ1) is 10.9. The van der Waals surface area contributed by atoms with E-state index >= 15 is 0 Å². The maximum Gasteiger partial charge on any atom is 0.319 e. The summed E-state index contributed by atoms with van der Waals surface area (Å²) in [5.74, 6) is -0.732. The van der Waals surface area contributed by atoms with Gasteiger partial charge in [-0.3, -0.25) is 4.79 Å². The van der Waals surface area contributed by atoms with Crippen LogP contribution in [-0.2, 0) is 4.79 Å². The van der Waals surface area contributed by atoms with Crippen molar-refractivity contribution in [1.82, 2.24) is 5.32 Å². The van der Waals surface area contributed by atoms with Crippen LogP contribution in [0.3, 0.4) is 0 Å². The summed E-state index contributed by atoms with van der Waals surface area (Å²) in [5, 5.41) is 7.65. The number of rotatable bonds is 4. The van der Waals surface area contributed by atoms with E-state index in [1.165, 1.54) is 24.3 Å². The number of hydrogen-bond donors (Lipinski definition) is 3. The Bertz CT molecular complexity index is 720. The number of benzene rings is 2. The van der Waals surface area contributed by atoms with Crippen LogP contribution in [0.1, 0.15) is 5.56 Å². The number of aryl methyl sites for hydroxylation is 1. The summed E-state index contributed by atoms with van der Waals surface area (Å²) in [7, 11) is 0. The van der Waals surface area contributed by atoms with Crippen molar-refractivity contribution < 1.29 is 14.0 Å². The van der Waals surface area contributed by atoms with Crippen LogP contribution in [-0.4, -0.2) is 18.5 Å². The third kappa shape index (κ3) is 5.37. The highest BCUT2D eigenvalue weighted by atomic mass is 79.9. The van der Waals surface area contributed by atoms with Crippen molar-refractivity contribution in [1.29, 1.82) is 0 Å². The van der Waals surface area contributed by atoms with Gasteiger partial charge in [0.05, 0.1) is 6.54 Å². The van der Waals surface area contributed by atoms with E-state index in [0.717, 1.165) is 10.0 Å². The molecule has 3 N–H and O–H groups in total. The molecule has 0 aliphatic heterocycles. The number of carbonyl (C=O) groups excluding carboxylic acids is 2. The van der Waals surface area contributed by atoms with E-state index in [2.05, 4.69) is 31.9 Å². The number of carbonyl (C=O) groups is 2. The summed E-state index contributed by atoms with van der Waals surface area (Å²) in [5.41, 5.74) is 2.02. The average Bonchev–Trinajstić information content (AvgIpc) is 2.50. The van der Waals surface area contributed by atoms with E-state index in [1.54, 1.807) is 6.07 Å². The lowest BCUT2D eigenvalue weighted by Gasteiger charge is -2.10. The molecule has 0 bridgehead atoms. The van der Waals surface area contributed by atoms with Gasteiger partial charge in [-0.25, -0.2) is 9.18 Å². The number of hydrogen-bond acceptors (Lipinski definition) is 2. The van der Waals surface area contributed by atoms with Crippen LogP contribution in [0.2, 0.25) is 0 Å². The molecule has 2 aromatic carbocycles. The van der Waals surface area contributed by atoms with Crippen LogP contribution in [0.25, 0.3) is 0 Å². The molecule has 0 aliphatic rings. The van der Waals surface area contributed by atoms with Crippen LogP contribution >= 0.6 is 15.9 Å². The van der Waals surface area contributed by atoms with Crippen LogP contribution in [0.15, 0.2) is 46.9 Å². The fourth-order valence-corrected chi connectivity index (χ4v) is 2.31. The fourth-order valence-electron chi connectivity index (χ4n) is 1.83. The van der Waals surface area contributed by atoms with Crippen LogP contribution in [0.5, 0.6) is 0 Å². The van der Waals surface area contributed by atoms with E-state index in [0.29, 0.717) is 11.4 Å². The minimum atomic E-state index is -0.542. The predicted octanol–water partition coefficient (Wildman–Crippen LogP) is 3.66. The quantitative estimate of drug-likeness (QED) is 0.758. The Balaban J connectivity index is 1.81. The SMILES string of the molecule is Cc1cc(Br)ccc1NC(=O)CNC(=O)Nc1ccc(F)cc1. The van der Waals surface area contributed by atoms with E-state index in [4.69, 9.17) is 0 Å². The molecule has 7 heteroatoms. The predicted molar refractivity (Wildman–Crippen MR) is 90.9 cm³/mol. The Morgan fingerprint density at radius 1 is 1.09 bits per heavy atom. The molecular formula is C16H15BrFN3O2. The smallest absolute Gasteiger partial charge is 0.319 e. The first kappa shape index (κ1) is 17.0. The number of halogens is 2. The van der Waals surface area contributed by atoms with Crippen LogP contribution < -0.4 is 16.0 Å². The summed E-state index contributed by atoms with van der Waals surface area (Å²) in [6.07, 6.45) is 0. The molecule has 120 valence electrons. The first-order valence-corrected chi connectivity index (χ1v) is 7.60. The Morgan fingerprint density at radius 3 is 2.43 bits per heavy atom. The molecule has 0 fully saturated rings. The average molecular weight is 380 g/mol. The second-order valence-electron chi connectivity index (χ2n) is 4.82. The number of urea groups is 1. The molecule has 0 heterocycles. The van der Waals surface area contributed by atoms with E-state index in [1.807, 2.05) is 19.1 Å². The molecule has 3 amide bonds. The van der Waals surface area contributed by atoms with Gasteiger partial charge in [-0.1, -0.05) is 15.9 Å². The van der Waals surface area contributed by atoms with Crippen LogP contribution in [0.4, 0.5) is 20.6 Å². The largest absolute Gasteiger partial charge is 0.329 e. The van der Waals surface area contributed by atoms with Gasteiger partial charge in [0.15, 0.2) is 0 Å². The maximum absolute atomic E-state index is 12.8. The maximum atomic E-state index is 12.8. The zero-order valence-electron chi connectivity index (χ0n) is 12.3. The number of nitrogens with one attached hydrogen (secondary N) is 3. The highest BCUT2D eigenvalue weighted by molar-refractivity contribution is 9.10. The van der Waals surface area contributed by atoms with E-state index < -0.39 is 6.03 Å². The minimum absolute atomic E-state index is 0.178. The monoisotopic (exact) mass is 379 g/mol. The molecule has 0 saturated carbocycles. The molecule has 0 radical (unpaired) electrons. The molecule has 0 aromatic heterocycles. The molecule has 0 unspecified atom stereocenters. The molecule has 0 atom stereocenters. The zero-order valence-corrected chi connectivity index (χ0v) is 13.9. The fraction of sp³-hybridized carbons (Fsp3) is 0.125. The summed E-state index contributed by atoms with van der Waals surface area (Å²) in [6.45, 7) is 1.69. The molecular weight excluding hydrogens is 365 g/mol. The van der Waals surface area contributed by atoms with Crippen molar-refractivity contribution in [2.75, 3.05) is 17.2 Å². The normalized spacial score (nSPS) is 10.0. The molecule has 0 spiro atoms. The first-order valence-electron chi connectivity index (χ1n) is 6.80. The van der Waals surface area contributed by atoms with Crippen molar-refractivity contribution in [3.63, 3.8) is 0 Å². The summed E-state index contributed by atoms with van der Waals surface area (Å²) >= 11 is 3.35. The van der Waals surface area contributed by atoms with E-state index in [-0.39, 0.29) is 18.3 Å². The molecule has 2 rings (SSSR count). The highest BCUT2D eigenvalue weighted by Gasteiger charge is 2.08. The van der Waals surface area contributed by atoms with Crippen molar-refractivity contribution in [3.8, 4) is 0 Å². The van der Waals surface area contributed by atoms with Gasteiger partial charge in [0.2, 0.25) is 5.91 Å². The molecule has 5 nitrogen and oxygen atoms in total. The lowest BCUT2D eigenvalue weighted by molar-refractivity contribution is -0.115. The minimum Gasteiger partial charge on any atom is -0.329 e. The summed E-state index contributed by atoms with van der Waals surface area (Å²) in [4.78, 5) is 23.5. The standard InChI is InChI=1S/C16H15BrFN3O2/c1-10-8-11(17)2-7-14(10)21-15(22)9-19-16(23)20-13-5-3-12(18)4-6-13/h2-8H,9H2,1H3,(H,21,22)(H2,19,20,23). The Hall–Kier alpha value is -2.41. The number of anilines is 2. The zero-order chi connectivity index (χ0) is 16.8. The Morgan fingerprint density at radius 2 is 1.78 bits per heavy atom. The van der Waals surface area contributed by atoms with Crippen molar-refractivity contribution in [3.05, 3.63) is 58.3 Å². The highest BCUT2D eigenvalue weighted by Crippen LogP contribution is 2.19. The van der Waals surface area contributed by atoms with Gasteiger partial charge < -0.3 is 16.0 Å². The third-order valence-electron chi connectivity index (χ3n) is 2.97. The van der Waals surface area contributed by atoms with E-state index in [9.17, 15) is 14.0 Å². The molecule has 23 heavy (non-hydrogen) atoms. The van der Waals surface area contributed by atoms with Gasteiger partial charge in [0, 0.05) is 15.8 Å². The second kappa shape index (κ2) is 7.73. The molecule has 2 aromatic rings. The Labute approximate surface area is 141 Å². The summed E-state index contributed by atoms with van der Waals surface area (Å²) in [6, 6.07) is 10.3. The van der Waals surface area contributed by atoms with Gasteiger partial charge in [0.25, 0.3) is 0 Å². The van der Waals surface area contributed by atoms with Gasteiger partial charge in [-0.05, 0) is 55.0 Å². The Kier molecular flexibility index (Phi) is 5.70. The van der Waals surface area contributed by atoms with Gasteiger partial charge >= 0.3 is 6.03 Å². The van der Waals surface area contributed by atoms with Crippen LogP contribution in [0, 0.1) is 12.7 Å². The van der Waals surface area contributed by atoms with Gasteiger partial charge in [-0.15, -0.1) is 0 Å². The van der Waals surface area contributed by atoms with Gasteiger partial charge in [0.1, 0.15) is 5.82 Å². The second-order valence-corrected chi connectivity index (χ2v) is 5.74. The molecule has 0 aliphatic carbocycles. The topological polar surface area (TPSA) is 70.2 Å². The number of amides is 3. The van der Waals surface area contributed by atoms with Crippen molar-refractivity contribution in [2.45, 2.75) is 6.92 Å². The van der Waals surface area contributed by atoms with Crippen molar-refractivity contribution >= 4 is 39.2 Å². The van der Waals surface area contributed by atoms with Crippen molar-refractivity contribution in [2.24, 2.45) is 0 Å². The summed E-state index contributed by atoms with van der Waals surface area (Å²) < 4.78 is 13.7. The molecule has 0 saturated heterocycles. The lowest BCUT2D eigenvalue weighted by Crippen LogP contribution is -2.35.